The Labute approximate surface area is 120 Å². The van der Waals surface area contributed by atoms with Crippen LogP contribution in [0.5, 0.6) is 0 Å². The van der Waals surface area contributed by atoms with Crippen LogP contribution in [-0.4, -0.2) is 29.4 Å². The van der Waals surface area contributed by atoms with Crippen molar-refractivity contribution >= 4 is 5.91 Å². The minimum atomic E-state index is -0.246. The minimum Gasteiger partial charge on any atom is -0.327 e. The molecule has 1 aliphatic heterocycles. The van der Waals surface area contributed by atoms with Gasteiger partial charge in [0, 0.05) is 19.0 Å². The molecule has 1 heterocycles. The third kappa shape index (κ3) is 3.82. The highest BCUT2D eigenvalue weighted by molar-refractivity contribution is 5.77. The summed E-state index contributed by atoms with van der Waals surface area (Å²) in [4.78, 5) is 13.8. The number of likely N-dealkylation sites (tertiary alicyclic amines) is 1. The Hall–Kier alpha value is -1.86. The molecule has 4 heteroatoms. The summed E-state index contributed by atoms with van der Waals surface area (Å²) in [5, 5.41) is 9.00. The molecule has 0 aliphatic carbocycles. The van der Waals surface area contributed by atoms with Gasteiger partial charge < -0.3 is 10.6 Å². The number of nitrogens with two attached hydrogens (primary N) is 1. The smallest absolute Gasteiger partial charge is 0.225 e. The van der Waals surface area contributed by atoms with Crippen molar-refractivity contribution in [1.29, 1.82) is 5.26 Å². The fraction of sp³-hybridized carbons (Fsp3) is 0.500. The number of nitriles is 1. The maximum Gasteiger partial charge on any atom is 0.225 e. The summed E-state index contributed by atoms with van der Waals surface area (Å²) in [7, 11) is 0. The van der Waals surface area contributed by atoms with Crippen LogP contribution in [0.4, 0.5) is 0 Å². The van der Waals surface area contributed by atoms with Crippen molar-refractivity contribution in [3.63, 3.8) is 0 Å². The molecular weight excluding hydrogens is 250 g/mol. The van der Waals surface area contributed by atoms with Crippen molar-refractivity contribution < 1.29 is 4.79 Å². The van der Waals surface area contributed by atoms with Crippen LogP contribution in [0.25, 0.3) is 0 Å². The molecule has 0 bridgehead atoms. The molecule has 4 nitrogen and oxygen atoms in total. The third-order valence-corrected chi connectivity index (χ3v) is 3.81. The van der Waals surface area contributed by atoms with E-state index in [2.05, 4.69) is 18.2 Å². The second kappa shape index (κ2) is 7.06. The number of benzene rings is 1. The summed E-state index contributed by atoms with van der Waals surface area (Å²) in [6, 6.07) is 12.0. The molecule has 1 aliphatic rings. The van der Waals surface area contributed by atoms with Crippen molar-refractivity contribution in [3.8, 4) is 6.07 Å². The van der Waals surface area contributed by atoms with Crippen LogP contribution in [0.3, 0.4) is 0 Å². The summed E-state index contributed by atoms with van der Waals surface area (Å²) in [6.45, 7) is 0.697. The van der Waals surface area contributed by atoms with E-state index in [4.69, 9.17) is 11.0 Å². The molecule has 2 atom stereocenters. The normalized spacial score (nSPS) is 19.6. The number of nitrogens with zero attached hydrogens (tertiary/aromatic N) is 2. The lowest BCUT2D eigenvalue weighted by atomic mass is 10.0. The first-order valence-corrected chi connectivity index (χ1v) is 7.19. The van der Waals surface area contributed by atoms with Gasteiger partial charge in [0.15, 0.2) is 0 Å². The van der Waals surface area contributed by atoms with E-state index in [9.17, 15) is 4.79 Å². The molecular formula is C16H21N3O. The summed E-state index contributed by atoms with van der Waals surface area (Å²) in [6.07, 6.45) is 3.73. The van der Waals surface area contributed by atoms with Crippen molar-refractivity contribution in [2.75, 3.05) is 6.54 Å². The van der Waals surface area contributed by atoms with Crippen LogP contribution in [0, 0.1) is 11.3 Å². The van der Waals surface area contributed by atoms with Crippen LogP contribution >= 0.6 is 0 Å². The van der Waals surface area contributed by atoms with Crippen molar-refractivity contribution in [1.82, 2.24) is 4.90 Å². The second-order valence-corrected chi connectivity index (χ2v) is 5.36. The summed E-state index contributed by atoms with van der Waals surface area (Å²) in [5.74, 6) is 0.0228. The van der Waals surface area contributed by atoms with Crippen LogP contribution in [-0.2, 0) is 11.2 Å². The molecule has 0 saturated carbocycles. The molecule has 106 valence electrons. The Balaban J connectivity index is 1.78. The largest absolute Gasteiger partial charge is 0.327 e. The van der Waals surface area contributed by atoms with E-state index in [1.807, 2.05) is 18.2 Å². The minimum absolute atomic E-state index is 0.0228. The predicted molar refractivity (Wildman–Crippen MR) is 77.7 cm³/mol. The number of amides is 1. The van der Waals surface area contributed by atoms with Gasteiger partial charge in [-0.3, -0.25) is 4.79 Å². The number of hydrogen-bond donors (Lipinski definition) is 1. The second-order valence-electron chi connectivity index (χ2n) is 5.36. The summed E-state index contributed by atoms with van der Waals surface area (Å²) < 4.78 is 0. The Kier molecular flexibility index (Phi) is 5.14. The summed E-state index contributed by atoms with van der Waals surface area (Å²) in [5.41, 5.74) is 7.29. The Morgan fingerprint density at radius 2 is 2.20 bits per heavy atom. The van der Waals surface area contributed by atoms with Gasteiger partial charge in [-0.1, -0.05) is 30.3 Å². The number of hydrogen-bond acceptors (Lipinski definition) is 3. The van der Waals surface area contributed by atoms with Crippen LogP contribution in [0.15, 0.2) is 30.3 Å². The van der Waals surface area contributed by atoms with Crippen molar-refractivity contribution in [2.45, 2.75) is 44.2 Å². The zero-order valence-corrected chi connectivity index (χ0v) is 11.7. The lowest BCUT2D eigenvalue weighted by molar-refractivity contribution is -0.131. The lowest BCUT2D eigenvalue weighted by Crippen LogP contribution is -2.38. The van der Waals surface area contributed by atoms with Gasteiger partial charge in [-0.2, -0.15) is 5.26 Å². The van der Waals surface area contributed by atoms with Gasteiger partial charge in [-0.15, -0.1) is 0 Å². The van der Waals surface area contributed by atoms with Gasteiger partial charge in [0.05, 0.1) is 6.07 Å². The maximum absolute atomic E-state index is 12.1. The molecule has 2 rings (SSSR count). The zero-order chi connectivity index (χ0) is 14.4. The van der Waals surface area contributed by atoms with Gasteiger partial charge in [0.2, 0.25) is 5.91 Å². The molecule has 0 aromatic heterocycles. The SMILES string of the molecule is N#C[C@@H]1CCCN1C(=O)C[C@@H](N)CCc1ccccc1. The molecule has 1 aromatic rings. The van der Waals surface area contributed by atoms with E-state index in [0.717, 1.165) is 25.7 Å². The molecule has 2 N–H and O–H groups in total. The molecule has 1 fully saturated rings. The summed E-state index contributed by atoms with van der Waals surface area (Å²) >= 11 is 0. The van der Waals surface area contributed by atoms with Crippen molar-refractivity contribution in [2.24, 2.45) is 5.73 Å². The first-order chi connectivity index (χ1) is 9.70. The molecule has 1 amide bonds. The van der Waals surface area contributed by atoms with E-state index in [1.54, 1.807) is 4.90 Å². The predicted octanol–water partition coefficient (Wildman–Crippen LogP) is 1.85. The molecule has 0 spiro atoms. The van der Waals surface area contributed by atoms with Gasteiger partial charge >= 0.3 is 0 Å². The highest BCUT2D eigenvalue weighted by Crippen LogP contribution is 2.18. The Morgan fingerprint density at radius 1 is 1.45 bits per heavy atom. The maximum atomic E-state index is 12.1. The molecule has 1 saturated heterocycles. The molecule has 0 unspecified atom stereocenters. The third-order valence-electron chi connectivity index (χ3n) is 3.81. The van der Waals surface area contributed by atoms with Gasteiger partial charge in [0.1, 0.15) is 6.04 Å². The fourth-order valence-electron chi connectivity index (χ4n) is 2.64. The van der Waals surface area contributed by atoms with E-state index >= 15 is 0 Å². The fourth-order valence-corrected chi connectivity index (χ4v) is 2.64. The Bertz CT molecular complexity index is 480. The zero-order valence-electron chi connectivity index (χ0n) is 11.7. The monoisotopic (exact) mass is 271 g/mol. The van der Waals surface area contributed by atoms with Gasteiger partial charge in [0.25, 0.3) is 0 Å². The Morgan fingerprint density at radius 3 is 2.90 bits per heavy atom. The van der Waals surface area contributed by atoms with E-state index in [1.165, 1.54) is 5.56 Å². The molecule has 1 aromatic carbocycles. The average Bonchev–Trinajstić information content (AvgIpc) is 2.95. The van der Waals surface area contributed by atoms with E-state index < -0.39 is 0 Å². The van der Waals surface area contributed by atoms with E-state index in [-0.39, 0.29) is 18.0 Å². The molecule has 20 heavy (non-hydrogen) atoms. The number of carbonyl (C=O) groups is 1. The number of aryl methyl sites for hydroxylation is 1. The highest BCUT2D eigenvalue weighted by Gasteiger charge is 2.28. The number of carbonyl (C=O) groups excluding carboxylic acids is 1. The van der Waals surface area contributed by atoms with E-state index in [0.29, 0.717) is 13.0 Å². The van der Waals surface area contributed by atoms with Gasteiger partial charge in [-0.05, 0) is 31.2 Å². The molecule has 0 radical (unpaired) electrons. The quantitative estimate of drug-likeness (QED) is 0.888. The van der Waals surface area contributed by atoms with Crippen molar-refractivity contribution in [3.05, 3.63) is 35.9 Å². The lowest BCUT2D eigenvalue weighted by Gasteiger charge is -2.21. The van der Waals surface area contributed by atoms with Crippen LogP contribution < -0.4 is 5.73 Å². The average molecular weight is 271 g/mol. The topological polar surface area (TPSA) is 70.1 Å². The standard InChI is InChI=1S/C16H21N3O/c17-12-15-7-4-10-19(15)16(20)11-14(18)9-8-13-5-2-1-3-6-13/h1-3,5-6,14-15H,4,7-11,18H2/t14-,15-/m0/s1. The number of rotatable bonds is 5. The first kappa shape index (κ1) is 14.5. The van der Waals surface area contributed by atoms with Crippen LogP contribution in [0.1, 0.15) is 31.2 Å². The van der Waals surface area contributed by atoms with Gasteiger partial charge in [-0.25, -0.2) is 0 Å². The van der Waals surface area contributed by atoms with Crippen LogP contribution in [0.2, 0.25) is 0 Å². The highest BCUT2D eigenvalue weighted by atomic mass is 16.2. The first-order valence-electron chi connectivity index (χ1n) is 7.19.